The largest absolute Gasteiger partial charge is 0.279 e. The first-order valence-corrected chi connectivity index (χ1v) is 9.66. The first-order valence-electron chi connectivity index (χ1n) is 8.18. The summed E-state index contributed by atoms with van der Waals surface area (Å²) in [5.41, 5.74) is 3.93. The molecule has 124 valence electrons. The minimum Gasteiger partial charge on any atom is -0.279 e. The number of hydrogen-bond acceptors (Lipinski definition) is 2. The average molecular weight is 331 g/mol. The van der Waals surface area contributed by atoms with Crippen molar-refractivity contribution in [2.24, 2.45) is 0 Å². The van der Waals surface area contributed by atoms with E-state index in [1.54, 1.807) is 12.1 Å². The van der Waals surface area contributed by atoms with Crippen LogP contribution in [0.2, 0.25) is 0 Å². The Morgan fingerprint density at radius 3 is 1.87 bits per heavy atom. The van der Waals surface area contributed by atoms with Gasteiger partial charge in [0, 0.05) is 0 Å². The maximum Gasteiger partial charge on any atom is 0.261 e. The Morgan fingerprint density at radius 2 is 1.39 bits per heavy atom. The molecule has 0 spiro atoms. The van der Waals surface area contributed by atoms with Crippen LogP contribution in [0.15, 0.2) is 47.4 Å². The lowest BCUT2D eigenvalue weighted by Crippen LogP contribution is -2.16. The van der Waals surface area contributed by atoms with Gasteiger partial charge in [-0.2, -0.15) is 0 Å². The van der Waals surface area contributed by atoms with E-state index in [2.05, 4.69) is 18.6 Å². The van der Waals surface area contributed by atoms with Gasteiger partial charge in [-0.15, -0.1) is 0 Å². The second-order valence-electron chi connectivity index (χ2n) is 5.87. The Kier molecular flexibility index (Phi) is 5.83. The molecule has 23 heavy (non-hydrogen) atoms. The average Bonchev–Trinajstić information content (AvgIpc) is 2.51. The van der Waals surface area contributed by atoms with Crippen molar-refractivity contribution in [2.75, 3.05) is 4.72 Å². The van der Waals surface area contributed by atoms with Gasteiger partial charge in [-0.25, -0.2) is 8.42 Å². The molecule has 0 unspecified atom stereocenters. The van der Waals surface area contributed by atoms with Crippen LogP contribution >= 0.6 is 0 Å². The van der Waals surface area contributed by atoms with Crippen molar-refractivity contribution in [3.8, 4) is 0 Å². The molecule has 0 amide bonds. The van der Waals surface area contributed by atoms with E-state index < -0.39 is 10.0 Å². The second kappa shape index (κ2) is 7.64. The molecule has 4 heteroatoms. The molecule has 1 N–H and O–H groups in total. The van der Waals surface area contributed by atoms with Crippen molar-refractivity contribution in [1.29, 1.82) is 0 Å². The van der Waals surface area contributed by atoms with Crippen LogP contribution in [-0.4, -0.2) is 8.42 Å². The number of para-hydroxylation sites is 1. The molecule has 0 saturated carbocycles. The molecule has 0 saturated heterocycles. The van der Waals surface area contributed by atoms with Crippen molar-refractivity contribution >= 4 is 15.7 Å². The summed E-state index contributed by atoms with van der Waals surface area (Å²) in [6.45, 7) is 6.15. The zero-order valence-electron chi connectivity index (χ0n) is 14.1. The highest BCUT2D eigenvalue weighted by Crippen LogP contribution is 2.27. The summed E-state index contributed by atoms with van der Waals surface area (Å²) >= 11 is 0. The monoisotopic (exact) mass is 331 g/mol. The standard InChI is InChI=1S/C19H25NO2S/c1-4-7-16-9-6-10-17(8-5-2)19(16)20-23(21,22)18-13-11-15(3)12-14-18/h6,9-14,20H,4-5,7-8H2,1-3H3. The van der Waals surface area contributed by atoms with Crippen LogP contribution in [0.3, 0.4) is 0 Å². The van der Waals surface area contributed by atoms with Gasteiger partial charge in [-0.1, -0.05) is 62.6 Å². The lowest BCUT2D eigenvalue weighted by Gasteiger charge is -2.17. The van der Waals surface area contributed by atoms with E-state index in [4.69, 9.17) is 0 Å². The summed E-state index contributed by atoms with van der Waals surface area (Å²) in [5, 5.41) is 0. The van der Waals surface area contributed by atoms with E-state index in [0.717, 1.165) is 48.1 Å². The first kappa shape index (κ1) is 17.5. The summed E-state index contributed by atoms with van der Waals surface area (Å²) in [4.78, 5) is 0.303. The number of hydrogen-bond donors (Lipinski definition) is 1. The van der Waals surface area contributed by atoms with Gasteiger partial charge in [0.25, 0.3) is 10.0 Å². The molecular weight excluding hydrogens is 306 g/mol. The maximum atomic E-state index is 12.7. The summed E-state index contributed by atoms with van der Waals surface area (Å²) in [7, 11) is -3.56. The minimum atomic E-state index is -3.56. The fraction of sp³-hybridized carbons (Fsp3) is 0.368. The fourth-order valence-corrected chi connectivity index (χ4v) is 3.79. The van der Waals surface area contributed by atoms with E-state index in [1.165, 1.54) is 0 Å². The predicted molar refractivity (Wildman–Crippen MR) is 96.4 cm³/mol. The lowest BCUT2D eigenvalue weighted by atomic mass is 10.0. The predicted octanol–water partition coefficient (Wildman–Crippen LogP) is 4.70. The molecule has 2 rings (SSSR count). The van der Waals surface area contributed by atoms with Crippen LogP contribution in [-0.2, 0) is 22.9 Å². The molecule has 0 aliphatic carbocycles. The van der Waals surface area contributed by atoms with E-state index >= 15 is 0 Å². The van der Waals surface area contributed by atoms with Crippen molar-refractivity contribution in [3.05, 3.63) is 59.2 Å². The Balaban J connectivity index is 2.42. The number of rotatable bonds is 7. The van der Waals surface area contributed by atoms with Gasteiger partial charge in [-0.3, -0.25) is 4.72 Å². The molecule has 2 aromatic carbocycles. The van der Waals surface area contributed by atoms with Crippen LogP contribution in [0.4, 0.5) is 5.69 Å². The van der Waals surface area contributed by atoms with Crippen molar-refractivity contribution in [3.63, 3.8) is 0 Å². The summed E-state index contributed by atoms with van der Waals surface area (Å²) in [6.07, 6.45) is 3.69. The zero-order chi connectivity index (χ0) is 16.9. The third-order valence-corrected chi connectivity index (χ3v) is 5.21. The highest BCUT2D eigenvalue weighted by Gasteiger charge is 2.18. The molecule has 0 atom stereocenters. The first-order chi connectivity index (χ1) is 11.0. The smallest absolute Gasteiger partial charge is 0.261 e. The van der Waals surface area contributed by atoms with Crippen LogP contribution in [0.5, 0.6) is 0 Å². The topological polar surface area (TPSA) is 46.2 Å². The van der Waals surface area contributed by atoms with E-state index in [0.29, 0.717) is 4.90 Å². The number of nitrogens with one attached hydrogen (secondary N) is 1. The molecule has 0 heterocycles. The van der Waals surface area contributed by atoms with Crippen molar-refractivity contribution in [1.82, 2.24) is 0 Å². The lowest BCUT2D eigenvalue weighted by molar-refractivity contribution is 0.601. The Labute approximate surface area is 139 Å². The van der Waals surface area contributed by atoms with Crippen LogP contribution in [0.1, 0.15) is 43.4 Å². The maximum absolute atomic E-state index is 12.7. The number of benzene rings is 2. The van der Waals surface area contributed by atoms with Gasteiger partial charge in [0.2, 0.25) is 0 Å². The Hall–Kier alpha value is -1.81. The van der Waals surface area contributed by atoms with Gasteiger partial charge >= 0.3 is 0 Å². The molecule has 0 aromatic heterocycles. The molecule has 0 aliphatic rings. The van der Waals surface area contributed by atoms with E-state index in [9.17, 15) is 8.42 Å². The second-order valence-corrected chi connectivity index (χ2v) is 7.55. The van der Waals surface area contributed by atoms with E-state index in [-0.39, 0.29) is 0 Å². The van der Waals surface area contributed by atoms with Crippen molar-refractivity contribution < 1.29 is 8.42 Å². The minimum absolute atomic E-state index is 0.303. The fourth-order valence-electron chi connectivity index (χ4n) is 2.65. The van der Waals surface area contributed by atoms with Gasteiger partial charge in [0.1, 0.15) is 0 Å². The molecule has 2 aromatic rings. The quantitative estimate of drug-likeness (QED) is 0.799. The van der Waals surface area contributed by atoms with Crippen LogP contribution < -0.4 is 4.72 Å². The summed E-state index contributed by atoms with van der Waals surface area (Å²) in [5.74, 6) is 0. The highest BCUT2D eigenvalue weighted by molar-refractivity contribution is 7.92. The molecule has 0 bridgehead atoms. The van der Waals surface area contributed by atoms with Crippen LogP contribution in [0.25, 0.3) is 0 Å². The molecule has 0 radical (unpaired) electrons. The molecule has 0 fully saturated rings. The summed E-state index contributed by atoms with van der Waals surface area (Å²) in [6, 6.07) is 13.0. The summed E-state index contributed by atoms with van der Waals surface area (Å²) < 4.78 is 28.3. The molecule has 3 nitrogen and oxygen atoms in total. The zero-order valence-corrected chi connectivity index (χ0v) is 14.9. The molecule has 0 aliphatic heterocycles. The van der Waals surface area contributed by atoms with Crippen LogP contribution in [0, 0.1) is 6.92 Å². The number of anilines is 1. The molecular formula is C19H25NO2S. The highest BCUT2D eigenvalue weighted by atomic mass is 32.2. The number of aryl methyl sites for hydroxylation is 3. The van der Waals surface area contributed by atoms with Gasteiger partial charge in [0.05, 0.1) is 10.6 Å². The Bertz CT molecular complexity index is 725. The number of sulfonamides is 1. The third-order valence-electron chi connectivity index (χ3n) is 3.84. The van der Waals surface area contributed by atoms with Gasteiger partial charge < -0.3 is 0 Å². The van der Waals surface area contributed by atoms with E-state index in [1.807, 2.05) is 37.3 Å². The Morgan fingerprint density at radius 1 is 0.870 bits per heavy atom. The SMILES string of the molecule is CCCc1cccc(CCC)c1NS(=O)(=O)c1ccc(C)cc1. The van der Waals surface area contributed by atoms with Crippen molar-refractivity contribution in [2.45, 2.75) is 51.3 Å². The van der Waals surface area contributed by atoms with Gasteiger partial charge in [0.15, 0.2) is 0 Å². The van der Waals surface area contributed by atoms with Gasteiger partial charge in [-0.05, 0) is 43.0 Å². The normalized spacial score (nSPS) is 11.4. The third kappa shape index (κ3) is 4.35.